The molecule has 0 aliphatic heterocycles. The molecule has 0 heteroatoms. The van der Waals surface area contributed by atoms with Crippen LogP contribution in [0.4, 0.5) is 0 Å². The number of allylic oxidation sites excluding steroid dienone is 1. The SMILES string of the molecule is C1=C(c2ccccc2)Cc2c1cccc2-c1cccc2c1ccc1ccccc12. The van der Waals surface area contributed by atoms with Crippen molar-refractivity contribution in [2.75, 3.05) is 0 Å². The highest BCUT2D eigenvalue weighted by atomic mass is 14.2. The molecule has 0 heterocycles. The summed E-state index contributed by atoms with van der Waals surface area (Å²) in [5, 5.41) is 5.27. The Hall–Kier alpha value is -3.64. The zero-order chi connectivity index (χ0) is 19.2. The zero-order valence-electron chi connectivity index (χ0n) is 16.1. The van der Waals surface area contributed by atoms with Crippen LogP contribution in [0.1, 0.15) is 16.7 Å². The lowest BCUT2D eigenvalue weighted by Crippen LogP contribution is -1.92. The largest absolute Gasteiger partial charge is 0.0622 e. The quantitative estimate of drug-likeness (QED) is 0.279. The highest BCUT2D eigenvalue weighted by molar-refractivity contribution is 6.12. The molecule has 0 atom stereocenters. The third-order valence-electron chi connectivity index (χ3n) is 6.13. The van der Waals surface area contributed by atoms with Gasteiger partial charge in [0.1, 0.15) is 0 Å². The van der Waals surface area contributed by atoms with Gasteiger partial charge in [-0.25, -0.2) is 0 Å². The van der Waals surface area contributed by atoms with E-state index in [1.165, 1.54) is 54.9 Å². The highest BCUT2D eigenvalue weighted by Crippen LogP contribution is 2.40. The highest BCUT2D eigenvalue weighted by Gasteiger charge is 2.19. The van der Waals surface area contributed by atoms with Gasteiger partial charge >= 0.3 is 0 Å². The van der Waals surface area contributed by atoms with Crippen LogP contribution < -0.4 is 0 Å². The molecule has 6 rings (SSSR count). The summed E-state index contributed by atoms with van der Waals surface area (Å²) in [5.74, 6) is 0. The fourth-order valence-corrected chi connectivity index (χ4v) is 4.73. The Kier molecular flexibility index (Phi) is 3.64. The molecule has 0 saturated heterocycles. The van der Waals surface area contributed by atoms with Gasteiger partial charge in [0.2, 0.25) is 0 Å². The molecule has 29 heavy (non-hydrogen) atoms. The molecule has 1 aliphatic carbocycles. The van der Waals surface area contributed by atoms with Gasteiger partial charge in [-0.15, -0.1) is 0 Å². The lowest BCUT2D eigenvalue weighted by atomic mass is 9.90. The molecule has 0 aromatic heterocycles. The van der Waals surface area contributed by atoms with Crippen molar-refractivity contribution in [3.05, 3.63) is 120 Å². The second-order valence-electron chi connectivity index (χ2n) is 7.77. The number of fused-ring (bicyclic) bond motifs is 4. The van der Waals surface area contributed by atoms with Gasteiger partial charge in [0, 0.05) is 0 Å². The summed E-state index contributed by atoms with van der Waals surface area (Å²) in [6, 6.07) is 37.4. The fraction of sp³-hybridized carbons (Fsp3) is 0.0345. The Morgan fingerprint density at radius 2 is 1.24 bits per heavy atom. The summed E-state index contributed by atoms with van der Waals surface area (Å²) in [5.41, 5.74) is 8.18. The summed E-state index contributed by atoms with van der Waals surface area (Å²) >= 11 is 0. The van der Waals surface area contributed by atoms with E-state index in [-0.39, 0.29) is 0 Å². The van der Waals surface area contributed by atoms with E-state index in [2.05, 4.69) is 109 Å². The second kappa shape index (κ2) is 6.46. The van der Waals surface area contributed by atoms with Crippen molar-refractivity contribution in [1.29, 1.82) is 0 Å². The monoisotopic (exact) mass is 368 g/mol. The molecule has 136 valence electrons. The van der Waals surface area contributed by atoms with E-state index in [0.29, 0.717) is 0 Å². The molecular formula is C29H20. The van der Waals surface area contributed by atoms with Crippen LogP contribution in [-0.4, -0.2) is 0 Å². The predicted molar refractivity (Wildman–Crippen MR) is 125 cm³/mol. The third-order valence-corrected chi connectivity index (χ3v) is 6.13. The van der Waals surface area contributed by atoms with Crippen molar-refractivity contribution in [3.63, 3.8) is 0 Å². The van der Waals surface area contributed by atoms with Crippen molar-refractivity contribution < 1.29 is 0 Å². The van der Waals surface area contributed by atoms with Crippen LogP contribution in [-0.2, 0) is 6.42 Å². The first-order valence-electron chi connectivity index (χ1n) is 10.2. The minimum absolute atomic E-state index is 0.986. The van der Waals surface area contributed by atoms with Crippen LogP contribution in [0, 0.1) is 0 Å². The number of hydrogen-bond donors (Lipinski definition) is 0. The molecule has 0 radical (unpaired) electrons. The van der Waals surface area contributed by atoms with Crippen molar-refractivity contribution in [3.8, 4) is 11.1 Å². The van der Waals surface area contributed by atoms with Crippen LogP contribution in [0.15, 0.2) is 103 Å². The number of benzene rings is 5. The summed E-state index contributed by atoms with van der Waals surface area (Å²) in [6.07, 6.45) is 3.34. The van der Waals surface area contributed by atoms with Crippen LogP contribution in [0.5, 0.6) is 0 Å². The molecule has 5 aromatic carbocycles. The first-order chi connectivity index (χ1) is 14.4. The second-order valence-corrected chi connectivity index (χ2v) is 7.77. The first kappa shape index (κ1) is 16.3. The van der Waals surface area contributed by atoms with Gasteiger partial charge in [-0.3, -0.25) is 0 Å². The molecule has 0 nitrogen and oxygen atoms in total. The van der Waals surface area contributed by atoms with Crippen molar-refractivity contribution in [2.45, 2.75) is 6.42 Å². The minimum atomic E-state index is 0.986. The van der Waals surface area contributed by atoms with Gasteiger partial charge in [0.05, 0.1) is 0 Å². The Morgan fingerprint density at radius 3 is 2.17 bits per heavy atom. The maximum atomic E-state index is 2.36. The standard InChI is InChI=1S/C29H20/c1-2-8-20(9-3-1)23-18-22-11-6-13-27(29(22)19-23)26-15-7-14-25-24-12-5-4-10-21(24)16-17-28(25)26/h1-18H,19H2. The molecule has 0 bridgehead atoms. The molecule has 5 aromatic rings. The van der Waals surface area contributed by atoms with Gasteiger partial charge < -0.3 is 0 Å². The molecule has 1 aliphatic rings. The van der Waals surface area contributed by atoms with Crippen LogP contribution in [0.2, 0.25) is 0 Å². The van der Waals surface area contributed by atoms with E-state index in [0.717, 1.165) is 6.42 Å². The number of hydrogen-bond acceptors (Lipinski definition) is 0. The lowest BCUT2D eigenvalue weighted by molar-refractivity contribution is 1.32. The van der Waals surface area contributed by atoms with Crippen LogP contribution >= 0.6 is 0 Å². The van der Waals surface area contributed by atoms with Crippen molar-refractivity contribution in [1.82, 2.24) is 0 Å². The van der Waals surface area contributed by atoms with E-state index in [1.54, 1.807) is 0 Å². The molecule has 0 N–H and O–H groups in total. The fourth-order valence-electron chi connectivity index (χ4n) is 4.73. The Balaban J connectivity index is 1.54. The summed E-state index contributed by atoms with van der Waals surface area (Å²) in [6.45, 7) is 0. The third kappa shape index (κ3) is 2.61. The maximum absolute atomic E-state index is 2.36. The predicted octanol–water partition coefficient (Wildman–Crippen LogP) is 7.76. The number of rotatable bonds is 2. The first-order valence-corrected chi connectivity index (χ1v) is 10.2. The summed E-state index contributed by atoms with van der Waals surface area (Å²) in [4.78, 5) is 0. The average molecular weight is 368 g/mol. The molecule has 0 saturated carbocycles. The van der Waals surface area contributed by atoms with E-state index in [9.17, 15) is 0 Å². The van der Waals surface area contributed by atoms with Gasteiger partial charge in [0.25, 0.3) is 0 Å². The Labute approximate surface area is 170 Å². The smallest absolute Gasteiger partial charge is 0.000750 e. The molecule has 0 spiro atoms. The lowest BCUT2D eigenvalue weighted by Gasteiger charge is -2.13. The van der Waals surface area contributed by atoms with Gasteiger partial charge in [0.15, 0.2) is 0 Å². The van der Waals surface area contributed by atoms with Crippen LogP contribution in [0.3, 0.4) is 0 Å². The normalized spacial score (nSPS) is 12.9. The Morgan fingerprint density at radius 1 is 0.483 bits per heavy atom. The van der Waals surface area contributed by atoms with Crippen molar-refractivity contribution >= 4 is 33.2 Å². The minimum Gasteiger partial charge on any atom is -0.0622 e. The molecular weight excluding hydrogens is 348 g/mol. The molecule has 0 unspecified atom stereocenters. The van der Waals surface area contributed by atoms with E-state index in [4.69, 9.17) is 0 Å². The zero-order valence-corrected chi connectivity index (χ0v) is 16.1. The maximum Gasteiger partial charge on any atom is -0.000750 e. The van der Waals surface area contributed by atoms with Gasteiger partial charge in [-0.05, 0) is 61.4 Å². The van der Waals surface area contributed by atoms with Gasteiger partial charge in [-0.2, -0.15) is 0 Å². The van der Waals surface area contributed by atoms with E-state index >= 15 is 0 Å². The van der Waals surface area contributed by atoms with Gasteiger partial charge in [-0.1, -0.05) is 109 Å². The molecule has 0 amide bonds. The van der Waals surface area contributed by atoms with Crippen molar-refractivity contribution in [2.24, 2.45) is 0 Å². The summed E-state index contributed by atoms with van der Waals surface area (Å²) in [7, 11) is 0. The van der Waals surface area contributed by atoms with E-state index < -0.39 is 0 Å². The average Bonchev–Trinajstić information content (AvgIpc) is 3.24. The Bertz CT molecular complexity index is 1400. The molecule has 0 fully saturated rings. The van der Waals surface area contributed by atoms with Crippen LogP contribution in [0.25, 0.3) is 44.3 Å². The summed E-state index contributed by atoms with van der Waals surface area (Å²) < 4.78 is 0. The topological polar surface area (TPSA) is 0 Å². The van der Waals surface area contributed by atoms with E-state index in [1.807, 2.05) is 0 Å².